The van der Waals surface area contributed by atoms with Crippen molar-refractivity contribution in [2.45, 2.75) is 6.18 Å². The van der Waals surface area contributed by atoms with Gasteiger partial charge in [0.1, 0.15) is 11.3 Å². The van der Waals surface area contributed by atoms with Gasteiger partial charge in [0, 0.05) is 17.6 Å². The first-order chi connectivity index (χ1) is 15.2. The zero-order valence-corrected chi connectivity index (χ0v) is 16.9. The van der Waals surface area contributed by atoms with Gasteiger partial charge >= 0.3 is 6.18 Å². The van der Waals surface area contributed by atoms with Crippen molar-refractivity contribution in [3.8, 4) is 17.3 Å². The second kappa shape index (κ2) is 8.39. The van der Waals surface area contributed by atoms with Gasteiger partial charge in [0.05, 0.1) is 16.4 Å². The van der Waals surface area contributed by atoms with Gasteiger partial charge in [0.2, 0.25) is 5.88 Å². The van der Waals surface area contributed by atoms with E-state index in [9.17, 15) is 23.1 Å². The maximum absolute atomic E-state index is 13.2. The van der Waals surface area contributed by atoms with Crippen molar-refractivity contribution in [3.05, 3.63) is 71.5 Å². The topological polar surface area (TPSA) is 89.3 Å². The molecule has 164 valence electrons. The van der Waals surface area contributed by atoms with E-state index in [1.165, 1.54) is 30.5 Å². The van der Waals surface area contributed by atoms with Gasteiger partial charge in [-0.25, -0.2) is 0 Å². The van der Waals surface area contributed by atoms with Crippen molar-refractivity contribution in [2.24, 2.45) is 0 Å². The van der Waals surface area contributed by atoms with Gasteiger partial charge < -0.3 is 15.2 Å². The van der Waals surface area contributed by atoms with Crippen molar-refractivity contribution < 1.29 is 27.8 Å². The highest BCUT2D eigenvalue weighted by Crippen LogP contribution is 2.34. The molecule has 0 spiro atoms. The molecule has 0 aliphatic heterocycles. The van der Waals surface area contributed by atoms with E-state index >= 15 is 0 Å². The average Bonchev–Trinajstić information content (AvgIpc) is 3.19. The number of nitrogens with zero attached hydrogens (tertiary/aromatic N) is 3. The number of phenolic OH excluding ortho intramolecular Hbond substituents is 1. The summed E-state index contributed by atoms with van der Waals surface area (Å²) in [5, 5.41) is 16.7. The number of hydrogen-bond donors (Lipinski definition) is 2. The Balaban J connectivity index is 1.58. The van der Waals surface area contributed by atoms with E-state index in [0.717, 1.165) is 4.68 Å². The van der Waals surface area contributed by atoms with E-state index in [2.05, 4.69) is 15.4 Å². The van der Waals surface area contributed by atoms with Gasteiger partial charge in [-0.2, -0.15) is 23.0 Å². The van der Waals surface area contributed by atoms with Crippen LogP contribution in [0.25, 0.3) is 16.6 Å². The van der Waals surface area contributed by atoms with Crippen molar-refractivity contribution >= 4 is 34.1 Å². The first-order valence-corrected chi connectivity index (χ1v) is 9.53. The first-order valence-electron chi connectivity index (χ1n) is 9.15. The number of nitrogens with one attached hydrogen (secondary N) is 1. The summed E-state index contributed by atoms with van der Waals surface area (Å²) in [7, 11) is 0. The normalized spacial score (nSPS) is 11.5. The van der Waals surface area contributed by atoms with Crippen molar-refractivity contribution in [3.63, 3.8) is 0 Å². The first kappa shape index (κ1) is 21.4. The number of amides is 1. The van der Waals surface area contributed by atoms with Gasteiger partial charge in [-0.3, -0.25) is 9.78 Å². The number of phenols is 1. The summed E-state index contributed by atoms with van der Waals surface area (Å²) in [4.78, 5) is 16.5. The number of carbonyl (C=O) groups excluding carboxylic acids is 1. The SMILES string of the molecule is O=C(COc1cc(C(F)(F)F)nn1-c1ccccc1Cl)Nc1ccc(O)c2ncccc12. The number of aromatic nitrogens is 3. The van der Waals surface area contributed by atoms with Crippen LogP contribution in [0.2, 0.25) is 5.02 Å². The molecule has 7 nitrogen and oxygen atoms in total. The molecule has 0 fully saturated rings. The molecule has 0 aliphatic carbocycles. The number of aromatic hydroxyl groups is 1. The summed E-state index contributed by atoms with van der Waals surface area (Å²) in [5.41, 5.74) is -0.382. The zero-order valence-electron chi connectivity index (χ0n) is 16.1. The number of halogens is 4. The Morgan fingerprint density at radius 3 is 2.69 bits per heavy atom. The minimum absolute atomic E-state index is 0.0572. The molecule has 0 bridgehead atoms. The number of anilines is 1. The molecule has 0 radical (unpaired) electrons. The second-order valence-corrected chi connectivity index (χ2v) is 7.00. The number of rotatable bonds is 5. The summed E-state index contributed by atoms with van der Waals surface area (Å²) in [6.07, 6.45) is -3.23. The minimum Gasteiger partial charge on any atom is -0.506 e. The largest absolute Gasteiger partial charge is 0.506 e. The smallest absolute Gasteiger partial charge is 0.435 e. The van der Waals surface area contributed by atoms with Gasteiger partial charge in [0.25, 0.3) is 5.91 Å². The number of fused-ring (bicyclic) bond motifs is 1. The van der Waals surface area contributed by atoms with Gasteiger partial charge in [-0.15, -0.1) is 0 Å². The summed E-state index contributed by atoms with van der Waals surface area (Å²) < 4.78 is 45.8. The highest BCUT2D eigenvalue weighted by molar-refractivity contribution is 6.32. The van der Waals surface area contributed by atoms with Crippen LogP contribution >= 0.6 is 11.6 Å². The lowest BCUT2D eigenvalue weighted by Crippen LogP contribution is -2.21. The molecule has 0 aliphatic rings. The quantitative estimate of drug-likeness (QED) is 0.415. The molecule has 11 heteroatoms. The lowest BCUT2D eigenvalue weighted by molar-refractivity contribution is -0.141. The maximum atomic E-state index is 13.2. The molecular weight excluding hydrogens is 449 g/mol. The molecule has 2 aromatic heterocycles. The van der Waals surface area contributed by atoms with E-state index in [1.807, 2.05) is 0 Å². The molecular formula is C21H14ClF3N4O3. The van der Waals surface area contributed by atoms with Crippen molar-refractivity contribution in [1.29, 1.82) is 0 Å². The van der Waals surface area contributed by atoms with E-state index in [1.54, 1.807) is 24.3 Å². The van der Waals surface area contributed by atoms with E-state index in [0.29, 0.717) is 17.1 Å². The van der Waals surface area contributed by atoms with Crippen LogP contribution in [0.5, 0.6) is 11.6 Å². The maximum Gasteiger partial charge on any atom is 0.435 e. The van der Waals surface area contributed by atoms with Crippen molar-refractivity contribution in [2.75, 3.05) is 11.9 Å². The summed E-state index contributed by atoms with van der Waals surface area (Å²) in [6.45, 7) is -0.601. The standard InChI is InChI=1S/C21H14ClF3N4O3/c22-13-5-1-2-6-15(13)29-19(10-17(28-29)21(23,24)25)32-11-18(31)27-14-7-8-16(30)20-12(14)4-3-9-26-20/h1-10,30H,11H2,(H,27,31). The number of hydrogen-bond acceptors (Lipinski definition) is 5. The Bertz CT molecular complexity index is 1310. The van der Waals surface area contributed by atoms with Crippen LogP contribution in [0.1, 0.15) is 5.69 Å². The molecule has 32 heavy (non-hydrogen) atoms. The molecule has 2 aromatic carbocycles. The minimum atomic E-state index is -4.72. The monoisotopic (exact) mass is 462 g/mol. The highest BCUT2D eigenvalue weighted by atomic mass is 35.5. The van der Waals surface area contributed by atoms with Gasteiger partial charge in [0.15, 0.2) is 12.3 Å². The third-order valence-electron chi connectivity index (χ3n) is 4.42. The van der Waals surface area contributed by atoms with Gasteiger partial charge in [-0.1, -0.05) is 23.7 Å². The molecule has 0 saturated heterocycles. The number of carbonyl (C=O) groups is 1. The molecule has 4 aromatic rings. The van der Waals surface area contributed by atoms with Gasteiger partial charge in [-0.05, 0) is 36.4 Å². The molecule has 0 atom stereocenters. The predicted octanol–water partition coefficient (Wildman–Crippen LogP) is 4.82. The third-order valence-corrected chi connectivity index (χ3v) is 4.74. The van der Waals surface area contributed by atoms with Crippen LogP contribution in [-0.4, -0.2) is 32.4 Å². The van der Waals surface area contributed by atoms with Crippen LogP contribution in [0.3, 0.4) is 0 Å². The number of pyridine rings is 1. The second-order valence-electron chi connectivity index (χ2n) is 6.60. The molecule has 4 rings (SSSR count). The summed E-state index contributed by atoms with van der Waals surface area (Å²) in [6, 6.07) is 13.0. The predicted molar refractivity (Wildman–Crippen MR) is 111 cm³/mol. The fourth-order valence-corrected chi connectivity index (χ4v) is 3.21. The van der Waals surface area contributed by atoms with Crippen LogP contribution in [0.4, 0.5) is 18.9 Å². The van der Waals surface area contributed by atoms with Crippen molar-refractivity contribution in [1.82, 2.24) is 14.8 Å². The number of alkyl halides is 3. The van der Waals surface area contributed by atoms with E-state index in [-0.39, 0.29) is 27.9 Å². The molecule has 2 heterocycles. The lowest BCUT2D eigenvalue weighted by Gasteiger charge is -2.12. The Morgan fingerprint density at radius 2 is 1.94 bits per heavy atom. The number of benzene rings is 2. The molecule has 2 N–H and O–H groups in total. The third kappa shape index (κ3) is 4.30. The van der Waals surface area contributed by atoms with Crippen LogP contribution in [-0.2, 0) is 11.0 Å². The Morgan fingerprint density at radius 1 is 1.16 bits per heavy atom. The summed E-state index contributed by atoms with van der Waals surface area (Å²) in [5.74, 6) is -1.00. The molecule has 0 saturated carbocycles. The Hall–Kier alpha value is -3.79. The Kier molecular flexibility index (Phi) is 5.62. The fraction of sp³-hybridized carbons (Fsp3) is 0.0952. The fourth-order valence-electron chi connectivity index (χ4n) is 2.99. The molecule has 1 amide bonds. The zero-order chi connectivity index (χ0) is 22.9. The molecule has 0 unspecified atom stereocenters. The van der Waals surface area contributed by atoms with Crippen LogP contribution in [0, 0.1) is 0 Å². The lowest BCUT2D eigenvalue weighted by atomic mass is 10.1. The average molecular weight is 463 g/mol. The van der Waals surface area contributed by atoms with E-state index < -0.39 is 24.4 Å². The van der Waals surface area contributed by atoms with E-state index in [4.69, 9.17) is 16.3 Å². The summed E-state index contributed by atoms with van der Waals surface area (Å²) >= 11 is 6.09. The van der Waals surface area contributed by atoms with Crippen LogP contribution < -0.4 is 10.1 Å². The Labute approximate surface area is 184 Å². The number of para-hydroxylation sites is 1. The highest BCUT2D eigenvalue weighted by Gasteiger charge is 2.36. The number of ether oxygens (including phenoxy) is 1. The van der Waals surface area contributed by atoms with Crippen LogP contribution in [0.15, 0.2) is 60.8 Å².